The Morgan fingerprint density at radius 2 is 2.24 bits per heavy atom. The Hall–Kier alpha value is -2.14. The number of carboxylic acids is 1. The van der Waals surface area contributed by atoms with Crippen LogP contribution < -0.4 is 0 Å². The van der Waals surface area contributed by atoms with E-state index in [-0.39, 0.29) is 11.3 Å². The molecule has 2 aromatic heterocycles. The molecule has 0 aliphatic carbocycles. The molecule has 2 rings (SSSR count). The highest BCUT2D eigenvalue weighted by Crippen LogP contribution is 2.31. The number of furan rings is 1. The topological polar surface area (TPSA) is 83.6 Å². The van der Waals surface area contributed by atoms with Gasteiger partial charge in [0.25, 0.3) is 0 Å². The van der Waals surface area contributed by atoms with Crippen molar-refractivity contribution in [2.75, 3.05) is 0 Å². The summed E-state index contributed by atoms with van der Waals surface area (Å²) in [5, 5.41) is 19.4. The van der Waals surface area contributed by atoms with Crippen molar-refractivity contribution in [3.63, 3.8) is 0 Å². The van der Waals surface area contributed by atoms with Gasteiger partial charge in [-0.2, -0.15) is 0 Å². The molecule has 0 spiro atoms. The zero-order chi connectivity index (χ0) is 12.5. The van der Waals surface area contributed by atoms with Crippen LogP contribution in [0.1, 0.15) is 28.6 Å². The molecule has 0 saturated heterocycles. The third-order valence-electron chi connectivity index (χ3n) is 2.56. The largest absolute Gasteiger partial charge is 0.478 e. The second kappa shape index (κ2) is 4.03. The number of rotatable bonds is 3. The van der Waals surface area contributed by atoms with E-state index in [1.165, 1.54) is 25.5 Å². The van der Waals surface area contributed by atoms with E-state index in [1.54, 1.807) is 18.3 Å². The van der Waals surface area contributed by atoms with Crippen LogP contribution in [0.2, 0.25) is 0 Å². The molecular weight excluding hydrogens is 222 g/mol. The van der Waals surface area contributed by atoms with E-state index in [4.69, 9.17) is 9.52 Å². The van der Waals surface area contributed by atoms with Gasteiger partial charge in [0.15, 0.2) is 5.76 Å². The Balaban J connectivity index is 2.52. The summed E-state index contributed by atoms with van der Waals surface area (Å²) in [5.41, 5.74) is -1.11. The van der Waals surface area contributed by atoms with Crippen LogP contribution in [0.3, 0.4) is 0 Å². The maximum absolute atomic E-state index is 11.0. The highest BCUT2D eigenvalue weighted by Gasteiger charge is 2.33. The van der Waals surface area contributed by atoms with E-state index in [1.807, 2.05) is 0 Å². The van der Waals surface area contributed by atoms with Gasteiger partial charge < -0.3 is 14.6 Å². The summed E-state index contributed by atoms with van der Waals surface area (Å²) >= 11 is 0. The van der Waals surface area contributed by atoms with Gasteiger partial charge in [0.05, 0.1) is 6.26 Å². The van der Waals surface area contributed by atoms with Gasteiger partial charge in [-0.25, -0.2) is 4.79 Å². The number of aromatic carboxylic acids is 1. The molecule has 0 aliphatic rings. The number of pyridine rings is 1. The first-order valence-corrected chi connectivity index (χ1v) is 4.97. The van der Waals surface area contributed by atoms with Crippen molar-refractivity contribution in [3.05, 3.63) is 53.7 Å². The Morgan fingerprint density at radius 3 is 2.82 bits per heavy atom. The second-order valence-corrected chi connectivity index (χ2v) is 3.78. The molecule has 0 fully saturated rings. The van der Waals surface area contributed by atoms with Gasteiger partial charge in [-0.05, 0) is 19.1 Å². The van der Waals surface area contributed by atoms with E-state index in [9.17, 15) is 9.90 Å². The lowest BCUT2D eigenvalue weighted by Gasteiger charge is -2.21. The summed E-state index contributed by atoms with van der Waals surface area (Å²) in [5.74, 6) is -1.14. The molecule has 2 heterocycles. The molecular formula is C12H11NO4. The van der Waals surface area contributed by atoms with Crippen LogP contribution in [0.5, 0.6) is 0 Å². The van der Waals surface area contributed by atoms with Crippen molar-refractivity contribution >= 4 is 5.97 Å². The SMILES string of the molecule is CC(O)(c1cccnc1)c1occc1C(=O)O. The zero-order valence-electron chi connectivity index (χ0n) is 9.12. The monoisotopic (exact) mass is 233 g/mol. The van der Waals surface area contributed by atoms with E-state index in [0.717, 1.165) is 0 Å². The van der Waals surface area contributed by atoms with Gasteiger partial charge in [-0.15, -0.1) is 0 Å². The lowest BCUT2D eigenvalue weighted by molar-refractivity contribution is 0.0614. The van der Waals surface area contributed by atoms with E-state index < -0.39 is 11.6 Å². The predicted molar refractivity (Wildman–Crippen MR) is 58.6 cm³/mol. The van der Waals surface area contributed by atoms with Crippen LogP contribution in [0.15, 0.2) is 41.3 Å². The number of aliphatic hydroxyl groups is 1. The minimum atomic E-state index is -1.52. The van der Waals surface area contributed by atoms with E-state index in [2.05, 4.69) is 4.98 Å². The van der Waals surface area contributed by atoms with Gasteiger partial charge in [-0.1, -0.05) is 6.07 Å². The third kappa shape index (κ3) is 1.92. The Labute approximate surface area is 97.3 Å². The minimum absolute atomic E-state index is 0.00185. The number of carboxylic acid groups (broad SMARTS) is 1. The van der Waals surface area contributed by atoms with Crippen molar-refractivity contribution in [3.8, 4) is 0 Å². The minimum Gasteiger partial charge on any atom is -0.478 e. The molecule has 0 aromatic carbocycles. The quantitative estimate of drug-likeness (QED) is 0.841. The van der Waals surface area contributed by atoms with Crippen molar-refractivity contribution < 1.29 is 19.4 Å². The number of aromatic nitrogens is 1. The molecule has 2 aromatic rings. The van der Waals surface area contributed by atoms with Gasteiger partial charge in [0.1, 0.15) is 11.2 Å². The highest BCUT2D eigenvalue weighted by atomic mass is 16.4. The highest BCUT2D eigenvalue weighted by molar-refractivity contribution is 5.89. The third-order valence-corrected chi connectivity index (χ3v) is 2.56. The molecule has 1 atom stereocenters. The standard InChI is InChI=1S/C12H11NO4/c1-12(16,8-3-2-5-13-7-8)10-9(11(14)15)4-6-17-10/h2-7,16H,1H3,(H,14,15). The smallest absolute Gasteiger partial charge is 0.339 e. The average molecular weight is 233 g/mol. The number of hydrogen-bond acceptors (Lipinski definition) is 4. The molecule has 0 radical (unpaired) electrons. The lowest BCUT2D eigenvalue weighted by atomic mass is 9.92. The molecule has 0 saturated carbocycles. The van der Waals surface area contributed by atoms with Crippen LogP contribution >= 0.6 is 0 Å². The Kier molecular flexibility index (Phi) is 2.69. The number of carbonyl (C=O) groups is 1. The van der Waals surface area contributed by atoms with Crippen molar-refractivity contribution in [1.82, 2.24) is 4.98 Å². The molecule has 0 amide bonds. The summed E-state index contributed by atoms with van der Waals surface area (Å²) in [7, 11) is 0. The summed E-state index contributed by atoms with van der Waals surface area (Å²) in [4.78, 5) is 14.9. The number of hydrogen-bond donors (Lipinski definition) is 2. The lowest BCUT2D eigenvalue weighted by Crippen LogP contribution is -2.24. The summed E-state index contributed by atoms with van der Waals surface area (Å²) in [6.45, 7) is 1.47. The maximum atomic E-state index is 11.0. The maximum Gasteiger partial charge on any atom is 0.339 e. The van der Waals surface area contributed by atoms with Gasteiger partial charge in [0.2, 0.25) is 0 Å². The van der Waals surface area contributed by atoms with Crippen molar-refractivity contribution in [1.29, 1.82) is 0 Å². The fourth-order valence-electron chi connectivity index (χ4n) is 1.64. The van der Waals surface area contributed by atoms with Gasteiger partial charge in [-0.3, -0.25) is 4.98 Å². The summed E-state index contributed by atoms with van der Waals surface area (Å²) < 4.78 is 5.09. The van der Waals surface area contributed by atoms with Crippen LogP contribution in [0.25, 0.3) is 0 Å². The van der Waals surface area contributed by atoms with Crippen LogP contribution in [0.4, 0.5) is 0 Å². The zero-order valence-corrected chi connectivity index (χ0v) is 9.12. The normalized spacial score (nSPS) is 14.2. The number of nitrogens with zero attached hydrogens (tertiary/aromatic N) is 1. The molecule has 0 bridgehead atoms. The first-order chi connectivity index (χ1) is 8.03. The molecule has 5 nitrogen and oxygen atoms in total. The molecule has 2 N–H and O–H groups in total. The summed E-state index contributed by atoms with van der Waals surface area (Å²) in [6.07, 6.45) is 4.28. The van der Waals surface area contributed by atoms with Crippen molar-refractivity contribution in [2.45, 2.75) is 12.5 Å². The average Bonchev–Trinajstić information content (AvgIpc) is 2.80. The molecule has 0 aliphatic heterocycles. The molecule has 1 unspecified atom stereocenters. The van der Waals surface area contributed by atoms with Crippen LogP contribution in [0, 0.1) is 0 Å². The fraction of sp³-hybridized carbons (Fsp3) is 0.167. The van der Waals surface area contributed by atoms with E-state index in [0.29, 0.717) is 5.56 Å². The first-order valence-electron chi connectivity index (χ1n) is 4.97. The fourth-order valence-corrected chi connectivity index (χ4v) is 1.64. The van der Waals surface area contributed by atoms with E-state index >= 15 is 0 Å². The van der Waals surface area contributed by atoms with Crippen LogP contribution in [-0.4, -0.2) is 21.2 Å². The molecule has 17 heavy (non-hydrogen) atoms. The Morgan fingerprint density at radius 1 is 1.47 bits per heavy atom. The molecule has 5 heteroatoms. The molecule has 88 valence electrons. The van der Waals surface area contributed by atoms with Crippen molar-refractivity contribution in [2.24, 2.45) is 0 Å². The first kappa shape index (κ1) is 11.3. The summed E-state index contributed by atoms with van der Waals surface area (Å²) in [6, 6.07) is 4.62. The Bertz CT molecular complexity index is 530. The van der Waals surface area contributed by atoms with Gasteiger partial charge in [0, 0.05) is 18.0 Å². The second-order valence-electron chi connectivity index (χ2n) is 3.78. The van der Waals surface area contributed by atoms with Crippen LogP contribution in [-0.2, 0) is 5.60 Å². The van der Waals surface area contributed by atoms with Gasteiger partial charge >= 0.3 is 5.97 Å². The predicted octanol–water partition coefficient (Wildman–Crippen LogP) is 1.63.